The molecule has 4 heteroatoms. The van der Waals surface area contributed by atoms with Crippen molar-refractivity contribution in [2.24, 2.45) is 23.7 Å². The molecule has 3 aliphatic carbocycles. The predicted molar refractivity (Wildman–Crippen MR) is 203 cm³/mol. The van der Waals surface area contributed by atoms with E-state index in [2.05, 4.69) is 36.4 Å². The van der Waals surface area contributed by atoms with Gasteiger partial charge in [-0.15, -0.1) is 0 Å². The number of benzene rings is 4. The molecule has 2 bridgehead atoms. The SMILES string of the molecule is C.C.C.C1CC2C3CCC(C3)C2C1.CC.CC.c1ccc2c(OCC3CO3)cccc2c1.c1ccc2c(OCC3CO3)cccc2c1. The van der Waals surface area contributed by atoms with Gasteiger partial charge in [0.15, 0.2) is 0 Å². The van der Waals surface area contributed by atoms with Gasteiger partial charge in [0.25, 0.3) is 0 Å². The van der Waals surface area contributed by atoms with Crippen molar-refractivity contribution in [3.8, 4) is 11.5 Å². The van der Waals surface area contributed by atoms with E-state index in [-0.39, 0.29) is 22.3 Å². The van der Waals surface area contributed by atoms with Crippen LogP contribution in [0.5, 0.6) is 11.5 Å². The van der Waals surface area contributed by atoms with E-state index in [9.17, 15) is 0 Å². The average Bonchev–Trinajstić information content (AvgIpc) is 3.97. The number of hydrogen-bond donors (Lipinski definition) is 0. The van der Waals surface area contributed by atoms with Crippen LogP contribution in [0, 0.1) is 23.7 Å². The van der Waals surface area contributed by atoms with E-state index in [0.717, 1.165) is 24.7 Å². The van der Waals surface area contributed by atoms with Gasteiger partial charge in [0, 0.05) is 10.8 Å². The van der Waals surface area contributed by atoms with Gasteiger partial charge in [-0.2, -0.15) is 0 Å². The van der Waals surface area contributed by atoms with Crippen molar-refractivity contribution in [2.75, 3.05) is 26.4 Å². The van der Waals surface area contributed by atoms with Crippen LogP contribution in [0.2, 0.25) is 0 Å². The Bertz CT molecular complexity index is 1310. The summed E-state index contributed by atoms with van der Waals surface area (Å²) in [5.41, 5.74) is 0. The van der Waals surface area contributed by atoms with Crippen molar-refractivity contribution in [2.45, 2.75) is 101 Å². The van der Waals surface area contributed by atoms with Crippen molar-refractivity contribution in [1.29, 1.82) is 0 Å². The van der Waals surface area contributed by atoms with E-state index in [1.165, 1.54) is 45.2 Å². The summed E-state index contributed by atoms with van der Waals surface area (Å²) >= 11 is 0. The minimum atomic E-state index is 0. The minimum absolute atomic E-state index is 0. The molecule has 5 fully saturated rings. The summed E-state index contributed by atoms with van der Waals surface area (Å²) in [5, 5.41) is 4.76. The van der Waals surface area contributed by atoms with E-state index in [4.69, 9.17) is 18.9 Å². The number of hydrogen-bond acceptors (Lipinski definition) is 4. The number of fused-ring (bicyclic) bond motifs is 7. The van der Waals surface area contributed by atoms with Gasteiger partial charge in [-0.25, -0.2) is 0 Å². The molecule has 0 radical (unpaired) electrons. The van der Waals surface area contributed by atoms with Crippen LogP contribution in [0.3, 0.4) is 0 Å². The Morgan fingerprint density at radius 3 is 1.32 bits per heavy atom. The van der Waals surface area contributed by atoms with Crippen LogP contribution in [-0.2, 0) is 9.47 Å². The highest BCUT2D eigenvalue weighted by Crippen LogP contribution is 2.58. The maximum absolute atomic E-state index is 5.72. The summed E-state index contributed by atoms with van der Waals surface area (Å²) in [4.78, 5) is 0. The molecule has 0 N–H and O–H groups in total. The molecule has 6 unspecified atom stereocenters. The highest BCUT2D eigenvalue weighted by molar-refractivity contribution is 5.88. The van der Waals surface area contributed by atoms with Gasteiger partial charge in [0.05, 0.1) is 13.2 Å². The molecule has 2 aliphatic heterocycles. The monoisotopic (exact) mass is 644 g/mol. The van der Waals surface area contributed by atoms with Crippen LogP contribution in [0.25, 0.3) is 21.5 Å². The number of rotatable bonds is 6. The van der Waals surface area contributed by atoms with Gasteiger partial charge in [-0.1, -0.05) is 129 Å². The summed E-state index contributed by atoms with van der Waals surface area (Å²) in [6.45, 7) is 11.0. The Balaban J connectivity index is 0.000000229. The molecule has 2 heterocycles. The fourth-order valence-corrected chi connectivity index (χ4v) is 7.36. The lowest BCUT2D eigenvalue weighted by Gasteiger charge is -2.23. The minimum Gasteiger partial charge on any atom is -0.490 e. The second-order valence-corrected chi connectivity index (χ2v) is 12.1. The first-order chi connectivity index (χ1) is 21.8. The van der Waals surface area contributed by atoms with Gasteiger partial charge in [0.2, 0.25) is 0 Å². The zero-order chi connectivity index (χ0) is 30.7. The van der Waals surface area contributed by atoms with E-state index in [0.29, 0.717) is 25.4 Å². The molecular weight excluding hydrogens is 580 g/mol. The zero-order valence-electron chi connectivity index (χ0n) is 27.3. The van der Waals surface area contributed by atoms with E-state index < -0.39 is 0 Å². The fourth-order valence-electron chi connectivity index (χ4n) is 7.36. The first-order valence-electron chi connectivity index (χ1n) is 17.3. The van der Waals surface area contributed by atoms with E-state index in [1.54, 1.807) is 38.5 Å². The fraction of sp³-hybridized carbons (Fsp3) is 0.535. The van der Waals surface area contributed by atoms with Crippen LogP contribution >= 0.6 is 0 Å². The summed E-state index contributed by atoms with van der Waals surface area (Å²) in [7, 11) is 0. The predicted octanol–water partition coefficient (Wildman–Crippen LogP) is 12.0. The zero-order valence-corrected chi connectivity index (χ0v) is 27.3. The summed E-state index contributed by atoms with van der Waals surface area (Å²) in [6.07, 6.45) is 10.2. The third kappa shape index (κ3) is 10.7. The Morgan fingerprint density at radius 2 is 0.915 bits per heavy atom. The second kappa shape index (κ2) is 20.3. The smallest absolute Gasteiger partial charge is 0.127 e. The lowest BCUT2D eigenvalue weighted by Crippen LogP contribution is -2.15. The molecule has 3 saturated carbocycles. The van der Waals surface area contributed by atoms with Crippen LogP contribution in [-0.4, -0.2) is 38.6 Å². The Morgan fingerprint density at radius 1 is 0.532 bits per heavy atom. The molecule has 2 saturated heterocycles. The average molecular weight is 645 g/mol. The van der Waals surface area contributed by atoms with Crippen LogP contribution in [0.1, 0.15) is 88.5 Å². The van der Waals surface area contributed by atoms with E-state index >= 15 is 0 Å². The quantitative estimate of drug-likeness (QED) is 0.196. The van der Waals surface area contributed by atoms with Gasteiger partial charge in [-0.05, 0) is 78.7 Å². The lowest BCUT2D eigenvalue weighted by molar-refractivity contribution is 0.259. The van der Waals surface area contributed by atoms with Crippen LogP contribution in [0.15, 0.2) is 84.9 Å². The number of ether oxygens (including phenoxy) is 4. The molecule has 47 heavy (non-hydrogen) atoms. The largest absolute Gasteiger partial charge is 0.490 e. The van der Waals surface area contributed by atoms with E-state index in [1.807, 2.05) is 76.2 Å². The third-order valence-corrected chi connectivity index (χ3v) is 9.50. The molecule has 4 aromatic rings. The summed E-state index contributed by atoms with van der Waals surface area (Å²) in [6, 6.07) is 28.7. The Labute approximate surface area is 287 Å². The molecule has 6 atom stereocenters. The Hall–Kier alpha value is -3.08. The summed E-state index contributed by atoms with van der Waals surface area (Å²) in [5.74, 6) is 6.69. The van der Waals surface area contributed by atoms with Crippen molar-refractivity contribution in [3.05, 3.63) is 84.9 Å². The summed E-state index contributed by atoms with van der Waals surface area (Å²) < 4.78 is 21.7. The first-order valence-corrected chi connectivity index (χ1v) is 17.3. The molecule has 0 spiro atoms. The van der Waals surface area contributed by atoms with Gasteiger partial charge >= 0.3 is 0 Å². The standard InChI is InChI=1S/2C13H12O2.C10H16.2C2H6.3CH4/c2*1-2-6-12-10(4-1)5-3-7-13(12)15-9-11-8-14-11;1-2-9-7-4-5-8(6-7)10(9)3-1;2*1-2;;;/h2*1-7,11H,8-9H2;7-10H,1-6H2;2*1-2H3;3*1H4. The van der Waals surface area contributed by atoms with Crippen LogP contribution < -0.4 is 9.47 Å². The Kier molecular flexibility index (Phi) is 17.3. The van der Waals surface area contributed by atoms with Gasteiger partial charge < -0.3 is 18.9 Å². The lowest BCUT2D eigenvalue weighted by atomic mass is 9.82. The van der Waals surface area contributed by atoms with Crippen molar-refractivity contribution in [3.63, 3.8) is 0 Å². The highest BCUT2D eigenvalue weighted by Gasteiger charge is 2.48. The third-order valence-electron chi connectivity index (χ3n) is 9.50. The topological polar surface area (TPSA) is 43.5 Å². The van der Waals surface area contributed by atoms with Crippen molar-refractivity contribution in [1.82, 2.24) is 0 Å². The maximum atomic E-state index is 5.72. The molecular formula is C43H64O4. The van der Waals surface area contributed by atoms with Crippen LogP contribution in [0.4, 0.5) is 0 Å². The maximum Gasteiger partial charge on any atom is 0.127 e. The van der Waals surface area contributed by atoms with Gasteiger partial charge in [-0.3, -0.25) is 0 Å². The molecule has 4 aromatic carbocycles. The normalized spacial score (nSPS) is 24.7. The van der Waals surface area contributed by atoms with Crippen molar-refractivity contribution < 1.29 is 18.9 Å². The molecule has 0 amide bonds. The molecule has 0 aromatic heterocycles. The van der Waals surface area contributed by atoms with Crippen molar-refractivity contribution >= 4 is 21.5 Å². The molecule has 260 valence electrons. The molecule has 5 aliphatic rings. The first kappa shape index (κ1) is 40.1. The second-order valence-electron chi connectivity index (χ2n) is 12.1. The molecule has 4 nitrogen and oxygen atoms in total. The number of epoxide rings is 2. The highest BCUT2D eigenvalue weighted by atomic mass is 16.6. The molecule has 9 rings (SSSR count). The van der Waals surface area contributed by atoms with Gasteiger partial charge in [0.1, 0.15) is 36.9 Å².